The molecule has 118 valence electrons. The molecule has 3 rings (SSSR count). The van der Waals surface area contributed by atoms with Gasteiger partial charge in [-0.15, -0.1) is 0 Å². The van der Waals surface area contributed by atoms with E-state index in [1.54, 1.807) is 12.1 Å². The second kappa shape index (κ2) is 6.26. The van der Waals surface area contributed by atoms with Crippen LogP contribution in [0.3, 0.4) is 0 Å². The van der Waals surface area contributed by atoms with Gasteiger partial charge in [-0.2, -0.15) is 0 Å². The van der Waals surface area contributed by atoms with Crippen molar-refractivity contribution >= 4 is 28.3 Å². The van der Waals surface area contributed by atoms with Gasteiger partial charge in [0.1, 0.15) is 25.4 Å². The molecule has 1 aliphatic rings. The number of hydrogen-bond acceptors (Lipinski definition) is 5. The smallest absolute Gasteiger partial charge is 0.164 e. The number of nitrogens with one attached hydrogen (secondary N) is 1. The maximum Gasteiger partial charge on any atom is 0.164 e. The fourth-order valence-electron chi connectivity index (χ4n) is 2.16. The molecule has 1 aromatic heterocycles. The molecule has 1 N–H and O–H groups in total. The molecule has 0 spiro atoms. The van der Waals surface area contributed by atoms with E-state index in [2.05, 4.69) is 28.4 Å². The summed E-state index contributed by atoms with van der Waals surface area (Å²) in [6, 6.07) is 3.51. The molecule has 0 radical (unpaired) electrons. The molecule has 1 aliphatic heterocycles. The number of aromatic nitrogens is 2. The van der Waals surface area contributed by atoms with E-state index in [1.165, 1.54) is 12.4 Å². The van der Waals surface area contributed by atoms with Gasteiger partial charge in [0.05, 0.1) is 16.2 Å². The highest BCUT2D eigenvalue weighted by Crippen LogP contribution is 2.36. The molecule has 0 saturated carbocycles. The third kappa shape index (κ3) is 2.98. The molecule has 23 heavy (non-hydrogen) atoms. The van der Waals surface area contributed by atoms with Crippen LogP contribution in [0.15, 0.2) is 54.3 Å². The lowest BCUT2D eigenvalue weighted by molar-refractivity contribution is 0.172. The van der Waals surface area contributed by atoms with Crippen LogP contribution in [0.5, 0.6) is 11.5 Å². The van der Waals surface area contributed by atoms with Gasteiger partial charge < -0.3 is 14.8 Å². The quantitative estimate of drug-likeness (QED) is 0.859. The fraction of sp³-hybridized carbons (Fsp3) is 0.125. The van der Waals surface area contributed by atoms with Gasteiger partial charge in [0.2, 0.25) is 0 Å². The van der Waals surface area contributed by atoms with E-state index in [0.29, 0.717) is 41.4 Å². The highest BCUT2D eigenvalue weighted by atomic mass is 35.5. The van der Waals surface area contributed by atoms with Crippen molar-refractivity contribution in [1.29, 1.82) is 0 Å². The Bertz CT molecular complexity index is 835. The van der Waals surface area contributed by atoms with E-state index < -0.39 is 5.83 Å². The van der Waals surface area contributed by atoms with E-state index in [0.717, 1.165) is 0 Å². The predicted molar refractivity (Wildman–Crippen MR) is 87.5 cm³/mol. The standard InChI is InChI=1S/C16H13ClFN3O2/c1-3-11(15(18)9(2)17)21-16-10-6-13-14(23-5-4-22-13)7-12(10)19-8-20-16/h3,6-8H,1-2,4-5H2,(H,19,20,21)/b15-11-. The third-order valence-electron chi connectivity index (χ3n) is 3.23. The third-order valence-corrected chi connectivity index (χ3v) is 3.40. The summed E-state index contributed by atoms with van der Waals surface area (Å²) in [4.78, 5) is 8.34. The van der Waals surface area contributed by atoms with Gasteiger partial charge in [-0.05, 0) is 12.1 Å². The van der Waals surface area contributed by atoms with Crippen LogP contribution >= 0.6 is 11.6 Å². The van der Waals surface area contributed by atoms with Crippen LogP contribution in [-0.2, 0) is 0 Å². The van der Waals surface area contributed by atoms with Gasteiger partial charge in [-0.1, -0.05) is 24.8 Å². The molecule has 2 aromatic rings. The Hall–Kier alpha value is -2.60. The highest BCUT2D eigenvalue weighted by Gasteiger charge is 2.16. The first-order valence-corrected chi connectivity index (χ1v) is 7.16. The molecule has 1 aromatic carbocycles. The fourth-order valence-corrected chi connectivity index (χ4v) is 2.26. The minimum atomic E-state index is -0.703. The van der Waals surface area contributed by atoms with Gasteiger partial charge in [0.25, 0.3) is 0 Å². The van der Waals surface area contributed by atoms with E-state index >= 15 is 0 Å². The second-order valence-corrected chi connectivity index (χ2v) is 5.15. The maximum atomic E-state index is 14.0. The number of benzene rings is 1. The van der Waals surface area contributed by atoms with Crippen molar-refractivity contribution in [2.24, 2.45) is 0 Å². The molecule has 0 aliphatic carbocycles. The summed E-state index contributed by atoms with van der Waals surface area (Å²) < 4.78 is 25.1. The molecule has 0 amide bonds. The lowest BCUT2D eigenvalue weighted by atomic mass is 10.2. The van der Waals surface area contributed by atoms with Gasteiger partial charge in [-0.25, -0.2) is 14.4 Å². The van der Waals surface area contributed by atoms with E-state index in [-0.39, 0.29) is 10.7 Å². The Labute approximate surface area is 137 Å². The van der Waals surface area contributed by atoms with Crippen LogP contribution in [0.4, 0.5) is 10.2 Å². The van der Waals surface area contributed by atoms with Crippen molar-refractivity contribution in [3.8, 4) is 11.5 Å². The minimum Gasteiger partial charge on any atom is -0.486 e. The number of fused-ring (bicyclic) bond motifs is 2. The van der Waals surface area contributed by atoms with Crippen molar-refractivity contribution in [3.63, 3.8) is 0 Å². The lowest BCUT2D eigenvalue weighted by Gasteiger charge is -2.19. The minimum absolute atomic E-state index is 0.0693. The molecule has 0 fully saturated rings. The predicted octanol–water partition coefficient (Wildman–Crippen LogP) is 3.93. The summed E-state index contributed by atoms with van der Waals surface area (Å²) in [5, 5.41) is 3.29. The van der Waals surface area contributed by atoms with Crippen molar-refractivity contribution in [2.75, 3.05) is 18.5 Å². The zero-order chi connectivity index (χ0) is 16.4. The Morgan fingerprint density at radius 1 is 1.26 bits per heavy atom. The van der Waals surface area contributed by atoms with Gasteiger partial charge in [0, 0.05) is 11.5 Å². The molecule has 5 nitrogen and oxygen atoms in total. The summed E-state index contributed by atoms with van der Waals surface area (Å²) in [7, 11) is 0. The second-order valence-electron chi connectivity index (χ2n) is 4.70. The number of allylic oxidation sites excluding steroid dienone is 3. The van der Waals surface area contributed by atoms with Crippen molar-refractivity contribution in [1.82, 2.24) is 9.97 Å². The van der Waals surface area contributed by atoms with E-state index in [4.69, 9.17) is 21.1 Å². The van der Waals surface area contributed by atoms with Gasteiger partial charge in [0.15, 0.2) is 17.3 Å². The Kier molecular flexibility index (Phi) is 4.16. The zero-order valence-corrected chi connectivity index (χ0v) is 12.9. The van der Waals surface area contributed by atoms with Crippen LogP contribution in [-0.4, -0.2) is 23.2 Å². The van der Waals surface area contributed by atoms with Crippen molar-refractivity contribution in [3.05, 3.63) is 54.3 Å². The van der Waals surface area contributed by atoms with Crippen LogP contribution < -0.4 is 14.8 Å². The first kappa shape index (κ1) is 15.3. The first-order valence-electron chi connectivity index (χ1n) is 6.78. The zero-order valence-electron chi connectivity index (χ0n) is 12.1. The molecular weight excluding hydrogens is 321 g/mol. The lowest BCUT2D eigenvalue weighted by Crippen LogP contribution is -2.15. The van der Waals surface area contributed by atoms with Crippen LogP contribution in [0, 0.1) is 0 Å². The topological polar surface area (TPSA) is 56.3 Å². The Morgan fingerprint density at radius 3 is 2.61 bits per heavy atom. The van der Waals surface area contributed by atoms with Crippen LogP contribution in [0.2, 0.25) is 0 Å². The van der Waals surface area contributed by atoms with Crippen LogP contribution in [0.1, 0.15) is 0 Å². The Morgan fingerprint density at radius 2 is 1.96 bits per heavy atom. The number of ether oxygens (including phenoxy) is 2. The normalized spacial score (nSPS) is 14.2. The molecule has 7 heteroatoms. The number of hydrogen-bond donors (Lipinski definition) is 1. The van der Waals surface area contributed by atoms with Gasteiger partial charge in [-0.3, -0.25) is 0 Å². The average Bonchev–Trinajstić information content (AvgIpc) is 2.57. The number of anilines is 1. The monoisotopic (exact) mass is 333 g/mol. The summed E-state index contributed by atoms with van der Waals surface area (Å²) in [5.41, 5.74) is 0.708. The molecule has 0 atom stereocenters. The number of halogens is 2. The van der Waals surface area contributed by atoms with Crippen molar-refractivity contribution in [2.45, 2.75) is 0 Å². The largest absolute Gasteiger partial charge is 0.486 e. The molecular formula is C16H13ClFN3O2. The van der Waals surface area contributed by atoms with Gasteiger partial charge >= 0.3 is 0 Å². The number of nitrogens with zero attached hydrogens (tertiary/aromatic N) is 2. The first-order chi connectivity index (χ1) is 11.1. The summed E-state index contributed by atoms with van der Waals surface area (Å²) >= 11 is 5.60. The summed E-state index contributed by atoms with van der Waals surface area (Å²) in [6.45, 7) is 7.88. The summed E-state index contributed by atoms with van der Waals surface area (Å²) in [6.07, 6.45) is 2.67. The van der Waals surface area contributed by atoms with Crippen molar-refractivity contribution < 1.29 is 13.9 Å². The SMILES string of the molecule is C=C/C(Nc1ncnc2cc3c(cc12)OCCO3)=C(/F)C(=C)Cl. The van der Waals surface area contributed by atoms with E-state index in [1.807, 2.05) is 0 Å². The highest BCUT2D eigenvalue weighted by molar-refractivity contribution is 6.31. The number of rotatable bonds is 4. The van der Waals surface area contributed by atoms with E-state index in [9.17, 15) is 4.39 Å². The average molecular weight is 334 g/mol. The molecule has 0 saturated heterocycles. The molecule has 2 heterocycles. The Balaban J connectivity index is 2.09. The molecule has 0 bridgehead atoms. The summed E-state index contributed by atoms with van der Waals surface area (Å²) in [5.74, 6) is 0.905. The maximum absolute atomic E-state index is 14.0. The van der Waals surface area contributed by atoms with Crippen LogP contribution in [0.25, 0.3) is 10.9 Å². The molecule has 0 unspecified atom stereocenters.